The Morgan fingerprint density at radius 3 is 2.71 bits per heavy atom. The van der Waals surface area contributed by atoms with Crippen molar-refractivity contribution >= 4 is 17.1 Å². The Morgan fingerprint density at radius 2 is 2.11 bits per heavy atom. The van der Waals surface area contributed by atoms with E-state index >= 15 is 0 Å². The van der Waals surface area contributed by atoms with Gasteiger partial charge in [-0.3, -0.25) is 4.79 Å². The zero-order valence-electron chi connectivity index (χ0n) is 16.2. The van der Waals surface area contributed by atoms with E-state index in [1.165, 1.54) is 26.3 Å². The van der Waals surface area contributed by atoms with Gasteiger partial charge in [0.25, 0.3) is 5.91 Å². The van der Waals surface area contributed by atoms with Crippen molar-refractivity contribution in [2.45, 2.75) is 45.5 Å². The van der Waals surface area contributed by atoms with Crippen LogP contribution in [0.4, 0.5) is 10.1 Å². The quantitative estimate of drug-likeness (QED) is 0.574. The fourth-order valence-electron chi connectivity index (χ4n) is 2.70. The molecule has 28 heavy (non-hydrogen) atoms. The number of hydrogen-bond acceptors (Lipinski definition) is 6. The summed E-state index contributed by atoms with van der Waals surface area (Å²) in [6, 6.07) is 1.92. The summed E-state index contributed by atoms with van der Waals surface area (Å²) in [6.07, 6.45) is 4.76. The summed E-state index contributed by atoms with van der Waals surface area (Å²) in [5.74, 6) is -0.474. The van der Waals surface area contributed by atoms with E-state index in [0.29, 0.717) is 16.8 Å². The molecular weight excluding hydrogens is 365 g/mol. The lowest BCUT2D eigenvalue weighted by Gasteiger charge is -2.23. The largest absolute Gasteiger partial charge is 0.387 e. The molecule has 0 saturated carbocycles. The van der Waals surface area contributed by atoms with Gasteiger partial charge in [-0.1, -0.05) is 5.16 Å². The number of carbonyl (C=O) groups is 1. The maximum absolute atomic E-state index is 14.0. The Balaban J connectivity index is 1.96. The molecule has 1 amide bonds. The highest BCUT2D eigenvalue weighted by Crippen LogP contribution is 2.29. The molecule has 0 aliphatic carbocycles. The lowest BCUT2D eigenvalue weighted by Crippen LogP contribution is -2.42. The number of hydrogen-bond donors (Lipinski definition) is 3. The molecule has 0 unspecified atom stereocenters. The summed E-state index contributed by atoms with van der Waals surface area (Å²) < 4.78 is 20.5. The van der Waals surface area contributed by atoms with Crippen molar-refractivity contribution in [3.05, 3.63) is 36.5 Å². The number of anilines is 1. The summed E-state index contributed by atoms with van der Waals surface area (Å²) in [6.45, 7) is 6.32. The molecule has 0 bridgehead atoms. The molecule has 0 saturated heterocycles. The van der Waals surface area contributed by atoms with Crippen LogP contribution in [0.15, 0.2) is 35.4 Å². The van der Waals surface area contributed by atoms with Gasteiger partial charge in [0.05, 0.1) is 41.3 Å². The van der Waals surface area contributed by atoms with Gasteiger partial charge in [0, 0.05) is 23.4 Å². The third-order valence-corrected chi connectivity index (χ3v) is 4.29. The SMILES string of the molecule is CC(C)Nc1c(C(=O)NC[C@@H](F)C(C)(C)O)cnn2cc(-c3cnoc3)cc12. The first-order valence-corrected chi connectivity index (χ1v) is 8.99. The van der Waals surface area contributed by atoms with Crippen molar-refractivity contribution in [2.24, 2.45) is 0 Å². The molecular formula is C19H24FN5O3. The normalized spacial score (nSPS) is 13.1. The number of halogens is 1. The average molecular weight is 389 g/mol. The lowest BCUT2D eigenvalue weighted by molar-refractivity contribution is -0.00177. The first-order chi connectivity index (χ1) is 13.2. The van der Waals surface area contributed by atoms with Crippen LogP contribution in [0.3, 0.4) is 0 Å². The number of nitrogens with one attached hydrogen (secondary N) is 2. The van der Waals surface area contributed by atoms with E-state index in [0.717, 1.165) is 11.1 Å². The maximum Gasteiger partial charge on any atom is 0.255 e. The topological polar surface area (TPSA) is 105 Å². The highest BCUT2D eigenvalue weighted by Gasteiger charge is 2.27. The van der Waals surface area contributed by atoms with Crippen molar-refractivity contribution in [3.8, 4) is 11.1 Å². The van der Waals surface area contributed by atoms with Crippen LogP contribution in [-0.4, -0.2) is 50.1 Å². The van der Waals surface area contributed by atoms with Crippen molar-refractivity contribution in [1.82, 2.24) is 20.1 Å². The van der Waals surface area contributed by atoms with Gasteiger partial charge in [-0.15, -0.1) is 0 Å². The molecule has 0 fully saturated rings. The summed E-state index contributed by atoms with van der Waals surface area (Å²) in [5.41, 5.74) is 1.66. The third-order valence-electron chi connectivity index (χ3n) is 4.29. The Hall–Kier alpha value is -2.94. The highest BCUT2D eigenvalue weighted by molar-refractivity contribution is 6.03. The Bertz CT molecular complexity index is 960. The van der Waals surface area contributed by atoms with Gasteiger partial charge in [-0.25, -0.2) is 8.91 Å². The van der Waals surface area contributed by atoms with Crippen LogP contribution in [0.1, 0.15) is 38.1 Å². The molecule has 9 heteroatoms. The van der Waals surface area contributed by atoms with Gasteiger partial charge >= 0.3 is 0 Å². The number of alkyl halides is 1. The van der Waals surface area contributed by atoms with E-state index in [1.807, 2.05) is 19.9 Å². The van der Waals surface area contributed by atoms with E-state index in [9.17, 15) is 14.3 Å². The van der Waals surface area contributed by atoms with E-state index < -0.39 is 17.7 Å². The van der Waals surface area contributed by atoms with Gasteiger partial charge in [-0.2, -0.15) is 5.10 Å². The predicted molar refractivity (Wildman–Crippen MR) is 103 cm³/mol. The minimum Gasteiger partial charge on any atom is -0.387 e. The number of carbonyl (C=O) groups excluding carboxylic acids is 1. The van der Waals surface area contributed by atoms with Crippen LogP contribution in [-0.2, 0) is 0 Å². The van der Waals surface area contributed by atoms with Crippen LogP contribution >= 0.6 is 0 Å². The molecule has 3 aromatic rings. The number of aromatic nitrogens is 3. The molecule has 0 radical (unpaired) electrons. The maximum atomic E-state index is 14.0. The first-order valence-electron chi connectivity index (χ1n) is 8.99. The Morgan fingerprint density at radius 1 is 1.36 bits per heavy atom. The fraction of sp³-hybridized carbons (Fsp3) is 0.421. The number of fused-ring (bicyclic) bond motifs is 1. The molecule has 0 aliphatic rings. The second kappa shape index (κ2) is 7.59. The van der Waals surface area contributed by atoms with Gasteiger partial charge in [0.15, 0.2) is 0 Å². The lowest BCUT2D eigenvalue weighted by atomic mass is 10.0. The zero-order chi connectivity index (χ0) is 20.5. The van der Waals surface area contributed by atoms with E-state index in [4.69, 9.17) is 4.52 Å². The molecule has 3 N–H and O–H groups in total. The van der Waals surface area contributed by atoms with Crippen molar-refractivity contribution in [3.63, 3.8) is 0 Å². The van der Waals surface area contributed by atoms with Crippen molar-refractivity contribution in [2.75, 3.05) is 11.9 Å². The minimum atomic E-state index is -1.59. The van der Waals surface area contributed by atoms with Crippen molar-refractivity contribution < 1.29 is 18.8 Å². The standard InChI is InChI=1S/C19H24FN5O3/c1-11(2)24-17-14(18(26)21-8-16(20)19(3,4)27)7-22-25-9-12(5-15(17)25)13-6-23-28-10-13/h5-7,9-11,16,24,27H,8H2,1-4H3,(H,21,26)/t16-/m1/s1. The highest BCUT2D eigenvalue weighted by atomic mass is 19.1. The molecule has 3 aromatic heterocycles. The van der Waals surface area contributed by atoms with Gasteiger partial charge in [0.1, 0.15) is 12.4 Å². The van der Waals surface area contributed by atoms with E-state index in [1.54, 1.807) is 16.9 Å². The van der Waals surface area contributed by atoms with Crippen LogP contribution in [0, 0.1) is 0 Å². The summed E-state index contributed by atoms with van der Waals surface area (Å²) >= 11 is 0. The van der Waals surface area contributed by atoms with E-state index in [2.05, 4.69) is 20.9 Å². The smallest absolute Gasteiger partial charge is 0.255 e. The fourth-order valence-corrected chi connectivity index (χ4v) is 2.70. The molecule has 1 atom stereocenters. The van der Waals surface area contributed by atoms with Crippen LogP contribution < -0.4 is 10.6 Å². The molecule has 3 rings (SSSR count). The average Bonchev–Trinajstić information content (AvgIpc) is 3.27. The molecule has 0 aliphatic heterocycles. The Labute approximate surface area is 161 Å². The first kappa shape index (κ1) is 19.8. The van der Waals surface area contributed by atoms with Crippen LogP contribution in [0.2, 0.25) is 0 Å². The van der Waals surface area contributed by atoms with Gasteiger partial charge in [0.2, 0.25) is 0 Å². The molecule has 8 nitrogen and oxygen atoms in total. The predicted octanol–water partition coefficient (Wildman–Crippen LogP) is 2.65. The number of nitrogens with zero attached hydrogens (tertiary/aromatic N) is 3. The Kier molecular flexibility index (Phi) is 5.37. The van der Waals surface area contributed by atoms with Crippen LogP contribution in [0.25, 0.3) is 16.6 Å². The molecule has 0 spiro atoms. The van der Waals surface area contributed by atoms with Crippen molar-refractivity contribution in [1.29, 1.82) is 0 Å². The monoisotopic (exact) mass is 389 g/mol. The molecule has 3 heterocycles. The third kappa shape index (κ3) is 4.14. The number of rotatable bonds is 7. The van der Waals surface area contributed by atoms with E-state index in [-0.39, 0.29) is 12.6 Å². The van der Waals surface area contributed by atoms with Gasteiger partial charge < -0.3 is 20.3 Å². The summed E-state index contributed by atoms with van der Waals surface area (Å²) in [4.78, 5) is 12.7. The van der Waals surface area contributed by atoms with Crippen LogP contribution in [0.5, 0.6) is 0 Å². The minimum absolute atomic E-state index is 0.0528. The second-order valence-corrected chi connectivity index (χ2v) is 7.54. The second-order valence-electron chi connectivity index (χ2n) is 7.54. The number of aliphatic hydroxyl groups is 1. The van der Waals surface area contributed by atoms with Gasteiger partial charge in [-0.05, 0) is 33.8 Å². The molecule has 0 aromatic carbocycles. The molecule has 150 valence electrons. The summed E-state index contributed by atoms with van der Waals surface area (Å²) in [5, 5.41) is 23.5. The number of amides is 1. The summed E-state index contributed by atoms with van der Waals surface area (Å²) in [7, 11) is 0. The zero-order valence-corrected chi connectivity index (χ0v) is 16.2.